The molecule has 8 rings (SSSR count). The molecule has 0 aromatic heterocycles. The number of ether oxygens (including phenoxy) is 1. The molecule has 51 heavy (non-hydrogen) atoms. The van der Waals surface area contributed by atoms with Gasteiger partial charge in [-0.15, -0.1) is 0 Å². The molecule has 6 atom stereocenters. The zero-order valence-electron chi connectivity index (χ0n) is 27.8. The number of phenolic OH excluding ortho intramolecular Hbond substituents is 1. The van der Waals surface area contributed by atoms with Gasteiger partial charge >= 0.3 is 0 Å². The van der Waals surface area contributed by atoms with Crippen molar-refractivity contribution in [2.45, 2.75) is 31.1 Å². The number of benzene rings is 4. The second-order valence-electron chi connectivity index (χ2n) is 13.8. The summed E-state index contributed by atoms with van der Waals surface area (Å²) in [6.07, 6.45) is 3.97. The number of carbonyl (C=O) groups is 4. The fraction of sp³-hybridized carbons (Fsp3) is 0.238. The van der Waals surface area contributed by atoms with Gasteiger partial charge in [0.2, 0.25) is 11.8 Å². The molecular formula is C42H33BrClNO6. The highest BCUT2D eigenvalue weighted by molar-refractivity contribution is 9.10. The first-order chi connectivity index (χ1) is 24.6. The molecule has 2 amide bonds. The Morgan fingerprint density at radius 2 is 1.61 bits per heavy atom. The minimum atomic E-state index is -1.40. The van der Waals surface area contributed by atoms with E-state index in [1.165, 1.54) is 18.1 Å². The van der Waals surface area contributed by atoms with E-state index in [4.69, 9.17) is 16.3 Å². The van der Waals surface area contributed by atoms with Crippen LogP contribution in [0.15, 0.2) is 113 Å². The molecule has 9 heteroatoms. The van der Waals surface area contributed by atoms with Crippen LogP contribution in [-0.4, -0.2) is 35.6 Å². The molecule has 256 valence electrons. The number of nitrogens with zero attached hydrogens (tertiary/aromatic N) is 1. The van der Waals surface area contributed by atoms with Gasteiger partial charge < -0.3 is 9.84 Å². The Hall–Kier alpha value is -4.79. The highest BCUT2D eigenvalue weighted by Gasteiger charge is 2.66. The van der Waals surface area contributed by atoms with E-state index < -0.39 is 35.0 Å². The summed E-state index contributed by atoms with van der Waals surface area (Å²) in [6.45, 7) is 1.86. The third-order valence-corrected chi connectivity index (χ3v) is 12.4. The maximum Gasteiger partial charge on any atom is 0.238 e. The number of allylic oxidation sites excluding steroid dienone is 4. The Labute approximate surface area is 308 Å². The summed E-state index contributed by atoms with van der Waals surface area (Å²) >= 11 is 9.96. The number of amides is 2. The molecule has 1 aliphatic heterocycles. The van der Waals surface area contributed by atoms with Gasteiger partial charge in [-0.05, 0) is 94.2 Å². The van der Waals surface area contributed by atoms with Gasteiger partial charge in [0.1, 0.15) is 0 Å². The summed E-state index contributed by atoms with van der Waals surface area (Å²) in [5.41, 5.74) is 2.93. The summed E-state index contributed by atoms with van der Waals surface area (Å²) in [7, 11) is 1.45. The molecule has 1 heterocycles. The van der Waals surface area contributed by atoms with Crippen molar-refractivity contribution in [2.75, 3.05) is 12.0 Å². The molecule has 1 saturated carbocycles. The fourth-order valence-electron chi connectivity index (χ4n) is 9.14. The van der Waals surface area contributed by atoms with E-state index in [2.05, 4.69) is 15.9 Å². The lowest BCUT2D eigenvalue weighted by Crippen LogP contribution is -2.58. The molecule has 4 aromatic rings. The molecule has 1 saturated heterocycles. The molecular weight excluding hydrogens is 730 g/mol. The van der Waals surface area contributed by atoms with Crippen molar-refractivity contribution in [3.05, 3.63) is 140 Å². The number of ketones is 2. The molecule has 2 fully saturated rings. The number of aromatic hydroxyl groups is 1. The third-order valence-electron chi connectivity index (χ3n) is 11.4. The van der Waals surface area contributed by atoms with Crippen molar-refractivity contribution in [1.82, 2.24) is 0 Å². The van der Waals surface area contributed by atoms with Crippen LogP contribution in [0.5, 0.6) is 11.5 Å². The van der Waals surface area contributed by atoms with Crippen LogP contribution in [0.1, 0.15) is 41.0 Å². The highest BCUT2D eigenvalue weighted by atomic mass is 79.9. The average molecular weight is 763 g/mol. The zero-order chi connectivity index (χ0) is 35.8. The number of Topliss-reactive ketones (excluding diaryl/α,β-unsaturated/α-hetero) is 1. The smallest absolute Gasteiger partial charge is 0.238 e. The van der Waals surface area contributed by atoms with E-state index in [1.807, 2.05) is 73.7 Å². The van der Waals surface area contributed by atoms with Gasteiger partial charge in [-0.1, -0.05) is 90.0 Å². The van der Waals surface area contributed by atoms with Gasteiger partial charge in [-0.3, -0.25) is 19.2 Å². The van der Waals surface area contributed by atoms with Crippen LogP contribution in [0.3, 0.4) is 0 Å². The maximum atomic E-state index is 15.2. The van der Waals surface area contributed by atoms with Crippen LogP contribution < -0.4 is 9.64 Å². The SMILES string of the molecule is COc1cc([C@H]2C3=CC[C@@H]4C(=O)N(c5ccc(C)c(Cl)c5)C(=O)[C@@H]4[C@@H]3C[C@H]3C(=O)C(c4ccccc4)=CC(=O)[C@@]23c2ccccc2)cc(Br)c1O. The Balaban J connectivity index is 1.37. The van der Waals surface area contributed by atoms with Gasteiger partial charge in [-0.2, -0.15) is 0 Å². The molecule has 0 radical (unpaired) electrons. The number of fused-ring (bicyclic) bond motifs is 4. The maximum absolute atomic E-state index is 15.2. The monoisotopic (exact) mass is 761 g/mol. The predicted molar refractivity (Wildman–Crippen MR) is 198 cm³/mol. The second kappa shape index (κ2) is 12.5. The minimum Gasteiger partial charge on any atom is -0.503 e. The van der Waals surface area contributed by atoms with Gasteiger partial charge in [0.05, 0.1) is 34.5 Å². The predicted octanol–water partition coefficient (Wildman–Crippen LogP) is 8.15. The Morgan fingerprint density at radius 1 is 0.902 bits per heavy atom. The normalized spacial score (nSPS) is 27.0. The zero-order valence-corrected chi connectivity index (χ0v) is 30.1. The first-order valence-electron chi connectivity index (χ1n) is 16.9. The number of aryl methyl sites for hydroxylation is 1. The number of phenols is 1. The summed E-state index contributed by atoms with van der Waals surface area (Å²) < 4.78 is 5.95. The molecule has 7 nitrogen and oxygen atoms in total. The quantitative estimate of drug-likeness (QED) is 0.163. The van der Waals surface area contributed by atoms with Gasteiger partial charge in [0.15, 0.2) is 23.1 Å². The lowest BCUT2D eigenvalue weighted by molar-refractivity contribution is -0.135. The Kier molecular flexibility index (Phi) is 8.15. The molecule has 3 aliphatic carbocycles. The van der Waals surface area contributed by atoms with Crippen molar-refractivity contribution >= 4 is 62.2 Å². The van der Waals surface area contributed by atoms with Crippen molar-refractivity contribution in [3.8, 4) is 11.5 Å². The summed E-state index contributed by atoms with van der Waals surface area (Å²) in [4.78, 5) is 60.2. The highest BCUT2D eigenvalue weighted by Crippen LogP contribution is 2.64. The molecule has 4 aromatic carbocycles. The van der Waals surface area contributed by atoms with Gasteiger partial charge in [-0.25, -0.2) is 4.90 Å². The average Bonchev–Trinajstić information content (AvgIpc) is 3.40. The van der Waals surface area contributed by atoms with E-state index in [1.54, 1.807) is 30.3 Å². The van der Waals surface area contributed by atoms with Crippen molar-refractivity contribution in [3.63, 3.8) is 0 Å². The first-order valence-corrected chi connectivity index (χ1v) is 18.1. The summed E-state index contributed by atoms with van der Waals surface area (Å²) in [6, 6.07) is 27.2. The molecule has 0 unspecified atom stereocenters. The van der Waals surface area contributed by atoms with Crippen molar-refractivity contribution in [2.24, 2.45) is 23.7 Å². The Bertz CT molecular complexity index is 2220. The molecule has 0 spiro atoms. The van der Waals surface area contributed by atoms with Crippen LogP contribution in [0.2, 0.25) is 5.02 Å². The minimum absolute atomic E-state index is 0.0992. The number of halogens is 2. The third kappa shape index (κ3) is 4.90. The van der Waals surface area contributed by atoms with Crippen LogP contribution in [0, 0.1) is 30.6 Å². The standard InChI is InChI=1S/C42H33BrClNO6/c1-22-13-14-26(19-33(22)44)45-40(49)28-16-15-27-30(36(28)41(45)50)20-31-38(47)29(23-9-5-3-6-10-23)21-35(46)42(31,25-11-7-4-8-12-25)37(27)24-17-32(43)39(48)34(18-24)51-2/h3-15,17-19,21,28,30-31,36-37,48H,16,20H2,1-2H3/t28-,30+,31-,36-,37-,42-/m0/s1. The number of hydrogen-bond acceptors (Lipinski definition) is 6. The fourth-order valence-corrected chi connectivity index (χ4v) is 9.78. The summed E-state index contributed by atoms with van der Waals surface area (Å²) in [5.74, 6) is -4.54. The van der Waals surface area contributed by atoms with E-state index in [0.29, 0.717) is 37.4 Å². The molecule has 0 bridgehead atoms. The van der Waals surface area contributed by atoms with Crippen LogP contribution >= 0.6 is 27.5 Å². The number of methoxy groups -OCH3 is 1. The number of carbonyl (C=O) groups excluding carboxylic acids is 4. The number of hydrogen-bond donors (Lipinski definition) is 1. The van der Waals surface area contributed by atoms with Crippen molar-refractivity contribution in [1.29, 1.82) is 0 Å². The van der Waals surface area contributed by atoms with E-state index in [0.717, 1.165) is 11.1 Å². The second-order valence-corrected chi connectivity index (χ2v) is 15.0. The van der Waals surface area contributed by atoms with E-state index >= 15 is 9.59 Å². The van der Waals surface area contributed by atoms with Gasteiger partial charge in [0, 0.05) is 22.4 Å². The molecule has 1 N–H and O–H groups in total. The van der Waals surface area contributed by atoms with E-state index in [9.17, 15) is 14.7 Å². The van der Waals surface area contributed by atoms with Gasteiger partial charge in [0.25, 0.3) is 0 Å². The van der Waals surface area contributed by atoms with E-state index in [-0.39, 0.29) is 47.7 Å². The van der Waals surface area contributed by atoms with Crippen LogP contribution in [0.4, 0.5) is 5.69 Å². The lowest BCUT2D eigenvalue weighted by atomic mass is 9.44. The number of anilines is 1. The first kappa shape index (κ1) is 33.4. The Morgan fingerprint density at radius 3 is 2.29 bits per heavy atom. The van der Waals surface area contributed by atoms with Crippen molar-refractivity contribution < 1.29 is 29.0 Å². The molecule has 4 aliphatic rings. The van der Waals surface area contributed by atoms with Crippen LogP contribution in [0.25, 0.3) is 5.57 Å². The largest absolute Gasteiger partial charge is 0.503 e. The number of imide groups is 1. The van der Waals surface area contributed by atoms with Crippen LogP contribution in [-0.2, 0) is 24.6 Å². The lowest BCUT2D eigenvalue weighted by Gasteiger charge is -2.55. The summed E-state index contributed by atoms with van der Waals surface area (Å²) in [5, 5.41) is 11.3. The topological polar surface area (TPSA) is 101 Å². The number of rotatable bonds is 5.